The molecule has 5 rings (SSSR count). The molecule has 0 aromatic heterocycles. The first kappa shape index (κ1) is 27.4. The van der Waals surface area contributed by atoms with Crippen LogP contribution >= 0.6 is 11.8 Å². The average molecular weight is 548 g/mol. The number of ketones is 1. The minimum absolute atomic E-state index is 0.0492. The standard InChI is InChI=1S/C30H37N5O3S/c1-5-21(36)35-14-6-7-18(15-35)34-28(38)26-23-22-19(12-13-20(31)25(22)39-26)30(33,27(37)24(23)32)17-10-8-16(9-11-17)29(2,3)4/h5,8-13,18,23-24,26H,1,6-7,14-15,31-33H2,2-4H3,(H,34,38). The second-order valence-corrected chi connectivity index (χ2v) is 13.0. The van der Waals surface area contributed by atoms with Crippen molar-refractivity contribution >= 4 is 35.0 Å². The minimum Gasteiger partial charge on any atom is -0.398 e. The Bertz CT molecular complexity index is 1350. The fourth-order valence-corrected chi connectivity index (χ4v) is 7.61. The predicted molar refractivity (Wildman–Crippen MR) is 154 cm³/mol. The van der Waals surface area contributed by atoms with Crippen LogP contribution in [-0.4, -0.2) is 52.9 Å². The van der Waals surface area contributed by atoms with Crippen LogP contribution in [-0.2, 0) is 25.3 Å². The van der Waals surface area contributed by atoms with Crippen molar-refractivity contribution in [3.63, 3.8) is 0 Å². The fraction of sp³-hybridized carbons (Fsp3) is 0.433. The number of amides is 2. The van der Waals surface area contributed by atoms with Gasteiger partial charge < -0.3 is 27.4 Å². The molecule has 2 aliphatic heterocycles. The lowest BCUT2D eigenvalue weighted by Crippen LogP contribution is -2.61. The molecule has 1 saturated heterocycles. The first-order valence-electron chi connectivity index (χ1n) is 13.4. The normalized spacial score (nSPS) is 28.1. The van der Waals surface area contributed by atoms with Crippen LogP contribution in [0.15, 0.2) is 53.9 Å². The number of carbonyl (C=O) groups is 3. The summed E-state index contributed by atoms with van der Waals surface area (Å²) in [6.45, 7) is 11.0. The minimum atomic E-state index is -1.45. The maximum absolute atomic E-state index is 14.0. The summed E-state index contributed by atoms with van der Waals surface area (Å²) < 4.78 is 0. The monoisotopic (exact) mass is 547 g/mol. The maximum Gasteiger partial charge on any atom is 0.246 e. The number of nitrogens with one attached hydrogen (secondary N) is 1. The highest BCUT2D eigenvalue weighted by Crippen LogP contribution is 2.56. The maximum atomic E-state index is 14.0. The zero-order valence-electron chi connectivity index (χ0n) is 22.7. The van der Waals surface area contributed by atoms with E-state index in [0.717, 1.165) is 28.9 Å². The second-order valence-electron chi connectivity index (χ2n) is 11.9. The number of rotatable bonds is 4. The van der Waals surface area contributed by atoms with Gasteiger partial charge in [-0.25, -0.2) is 0 Å². The third-order valence-electron chi connectivity index (χ3n) is 8.35. The predicted octanol–water partition coefficient (Wildman–Crippen LogP) is 2.53. The molecule has 0 bridgehead atoms. The van der Waals surface area contributed by atoms with Gasteiger partial charge in [0.1, 0.15) is 5.54 Å². The van der Waals surface area contributed by atoms with Gasteiger partial charge >= 0.3 is 0 Å². The van der Waals surface area contributed by atoms with Gasteiger partial charge in [-0.05, 0) is 52.7 Å². The molecule has 2 amide bonds. The highest BCUT2D eigenvalue weighted by molar-refractivity contribution is 8.01. The number of piperidine rings is 1. The molecule has 1 aliphatic carbocycles. The van der Waals surface area contributed by atoms with Crippen LogP contribution in [0.25, 0.3) is 0 Å². The van der Waals surface area contributed by atoms with Crippen molar-refractivity contribution in [2.75, 3.05) is 18.8 Å². The fourth-order valence-electron chi connectivity index (χ4n) is 6.16. The lowest BCUT2D eigenvalue weighted by molar-refractivity contribution is -0.129. The lowest BCUT2D eigenvalue weighted by atomic mass is 9.65. The van der Waals surface area contributed by atoms with Crippen molar-refractivity contribution < 1.29 is 14.4 Å². The Kier molecular flexibility index (Phi) is 6.89. The van der Waals surface area contributed by atoms with Crippen LogP contribution in [0.3, 0.4) is 0 Å². The average Bonchev–Trinajstić information content (AvgIpc) is 3.32. The van der Waals surface area contributed by atoms with E-state index in [1.165, 1.54) is 17.8 Å². The van der Waals surface area contributed by atoms with Crippen LogP contribution in [0.4, 0.5) is 5.69 Å². The van der Waals surface area contributed by atoms with E-state index in [-0.39, 0.29) is 29.1 Å². The molecule has 5 atom stereocenters. The highest BCUT2D eigenvalue weighted by atomic mass is 32.2. The summed E-state index contributed by atoms with van der Waals surface area (Å²) in [6.07, 6.45) is 2.83. The zero-order valence-corrected chi connectivity index (χ0v) is 23.5. The van der Waals surface area contributed by atoms with E-state index in [1.54, 1.807) is 11.0 Å². The molecule has 2 aromatic rings. The first-order chi connectivity index (χ1) is 18.4. The molecule has 5 unspecified atom stereocenters. The topological polar surface area (TPSA) is 145 Å². The van der Waals surface area contributed by atoms with Gasteiger partial charge in [0, 0.05) is 35.6 Å². The van der Waals surface area contributed by atoms with E-state index < -0.39 is 22.7 Å². The molecule has 2 heterocycles. The van der Waals surface area contributed by atoms with Crippen molar-refractivity contribution in [3.05, 3.63) is 71.3 Å². The number of Topliss-reactive ketones (excluding diaryl/α,β-unsaturated/α-hetero) is 1. The Balaban J connectivity index is 1.49. The number of hydrogen-bond donors (Lipinski definition) is 4. The number of likely N-dealkylation sites (tertiary alicyclic amines) is 1. The van der Waals surface area contributed by atoms with Gasteiger partial charge in [-0.3, -0.25) is 14.4 Å². The molecule has 0 saturated carbocycles. The molecule has 1 fully saturated rings. The molecule has 206 valence electrons. The highest BCUT2D eigenvalue weighted by Gasteiger charge is 2.56. The Morgan fingerprint density at radius 1 is 1.18 bits per heavy atom. The summed E-state index contributed by atoms with van der Waals surface area (Å²) >= 11 is 1.34. The summed E-state index contributed by atoms with van der Waals surface area (Å²) in [5.41, 5.74) is 22.3. The van der Waals surface area contributed by atoms with Crippen LogP contribution < -0.4 is 22.5 Å². The summed E-state index contributed by atoms with van der Waals surface area (Å²) in [5.74, 6) is -1.24. The van der Waals surface area contributed by atoms with Gasteiger partial charge in [0.25, 0.3) is 0 Å². The molecule has 9 heteroatoms. The zero-order chi connectivity index (χ0) is 28.3. The van der Waals surface area contributed by atoms with Crippen LogP contribution in [0, 0.1) is 0 Å². The SMILES string of the molecule is C=CC(=O)N1CCCC(NC(=O)C2Sc3c(N)ccc4c3C2C(N)C(=O)C4(N)c2ccc(C(C)(C)C)cc2)C1. The molecular formula is C30H37N5O3S. The third-order valence-corrected chi connectivity index (χ3v) is 9.81. The van der Waals surface area contributed by atoms with Crippen LogP contribution in [0.1, 0.15) is 61.8 Å². The number of nitrogens with two attached hydrogens (primary N) is 3. The Morgan fingerprint density at radius 2 is 1.87 bits per heavy atom. The summed E-state index contributed by atoms with van der Waals surface area (Å²) in [6, 6.07) is 10.2. The van der Waals surface area contributed by atoms with Gasteiger partial charge in [0.05, 0.1) is 11.3 Å². The lowest BCUT2D eigenvalue weighted by Gasteiger charge is -2.41. The Labute approximate surface area is 233 Å². The molecular weight excluding hydrogens is 510 g/mol. The van der Waals surface area contributed by atoms with Crippen molar-refractivity contribution in [2.45, 2.75) is 72.7 Å². The van der Waals surface area contributed by atoms with Crippen LogP contribution in [0.2, 0.25) is 0 Å². The first-order valence-corrected chi connectivity index (χ1v) is 14.3. The number of thioether (sulfide) groups is 1. The van der Waals surface area contributed by atoms with Gasteiger partial charge in [0.15, 0.2) is 5.78 Å². The number of anilines is 1. The van der Waals surface area contributed by atoms with E-state index in [1.807, 2.05) is 30.3 Å². The Hall–Kier alpha value is -3.14. The number of nitrogens with zero attached hydrogens (tertiary/aromatic N) is 1. The number of carbonyl (C=O) groups excluding carboxylic acids is 3. The molecule has 39 heavy (non-hydrogen) atoms. The smallest absolute Gasteiger partial charge is 0.246 e. The third kappa shape index (κ3) is 4.46. The van der Waals surface area contributed by atoms with Crippen LogP contribution in [0.5, 0.6) is 0 Å². The summed E-state index contributed by atoms with van der Waals surface area (Å²) in [7, 11) is 0. The quantitative estimate of drug-likeness (QED) is 0.340. The number of nitrogen functional groups attached to an aromatic ring is 1. The van der Waals surface area contributed by atoms with Crippen molar-refractivity contribution in [2.24, 2.45) is 11.5 Å². The van der Waals surface area contributed by atoms with Crippen molar-refractivity contribution in [1.29, 1.82) is 0 Å². The van der Waals surface area contributed by atoms with Gasteiger partial charge in [-0.2, -0.15) is 0 Å². The molecule has 7 N–H and O–H groups in total. The molecule has 3 aliphatic rings. The van der Waals surface area contributed by atoms with Gasteiger partial charge in [0.2, 0.25) is 11.8 Å². The van der Waals surface area contributed by atoms with Crippen molar-refractivity contribution in [1.82, 2.24) is 10.2 Å². The van der Waals surface area contributed by atoms with Gasteiger partial charge in [-0.15, -0.1) is 11.8 Å². The van der Waals surface area contributed by atoms with Crippen molar-refractivity contribution in [3.8, 4) is 0 Å². The molecule has 2 aromatic carbocycles. The number of benzene rings is 2. The molecule has 0 spiro atoms. The summed E-state index contributed by atoms with van der Waals surface area (Å²) in [4.78, 5) is 42.2. The molecule has 8 nitrogen and oxygen atoms in total. The van der Waals surface area contributed by atoms with E-state index in [9.17, 15) is 14.4 Å². The summed E-state index contributed by atoms with van der Waals surface area (Å²) in [5, 5.41) is 2.47. The second kappa shape index (κ2) is 9.80. The molecule has 0 radical (unpaired) electrons. The van der Waals surface area contributed by atoms with E-state index >= 15 is 0 Å². The number of hydrogen-bond acceptors (Lipinski definition) is 7. The largest absolute Gasteiger partial charge is 0.398 e. The van der Waals surface area contributed by atoms with E-state index in [0.29, 0.717) is 29.9 Å². The van der Waals surface area contributed by atoms with Gasteiger partial charge in [-0.1, -0.05) is 57.7 Å². The van der Waals surface area contributed by atoms with E-state index in [2.05, 4.69) is 32.7 Å². The Morgan fingerprint density at radius 3 is 2.51 bits per heavy atom. The van der Waals surface area contributed by atoms with E-state index in [4.69, 9.17) is 17.2 Å².